The molecule has 0 saturated carbocycles. The molecule has 0 saturated heterocycles. The minimum absolute atomic E-state index is 0.144. The Morgan fingerprint density at radius 2 is 2.19 bits per heavy atom. The first kappa shape index (κ1) is 16.2. The lowest BCUT2D eigenvalue weighted by Crippen LogP contribution is -2.24. The number of nitrogen functional groups attached to an aromatic ring is 1. The van der Waals surface area contributed by atoms with E-state index in [1.165, 1.54) is 11.5 Å². The maximum Gasteiger partial charge on any atom is 0.149 e. The van der Waals surface area contributed by atoms with Crippen molar-refractivity contribution in [2.24, 2.45) is 5.41 Å². The number of aryl methyl sites for hydroxylation is 1. The summed E-state index contributed by atoms with van der Waals surface area (Å²) in [5.41, 5.74) is 8.09. The number of thiazole rings is 1. The van der Waals surface area contributed by atoms with Crippen LogP contribution in [0.3, 0.4) is 0 Å². The van der Waals surface area contributed by atoms with Crippen LogP contribution in [0.25, 0.3) is 10.6 Å². The monoisotopic (exact) mass is 326 g/mol. The number of nitrogens with two attached hydrogens (primary N) is 1. The molecule has 0 amide bonds. The average Bonchev–Trinajstić information content (AvgIpc) is 3.00. The number of hydrogen-bond donors (Lipinski definition) is 2. The summed E-state index contributed by atoms with van der Waals surface area (Å²) in [5, 5.41) is 7.42. The summed E-state index contributed by atoms with van der Waals surface area (Å²) in [6.07, 6.45) is 0.997. The Bertz CT molecular complexity index is 592. The average molecular weight is 326 g/mol. The van der Waals surface area contributed by atoms with Crippen LogP contribution in [0.15, 0.2) is 5.38 Å². The first-order valence-electron chi connectivity index (χ1n) is 6.83. The van der Waals surface area contributed by atoms with Crippen LogP contribution in [0.2, 0.25) is 0 Å². The van der Waals surface area contributed by atoms with E-state index in [9.17, 15) is 0 Å². The molecule has 0 atom stereocenters. The Kier molecular flexibility index (Phi) is 5.18. The van der Waals surface area contributed by atoms with E-state index in [1.807, 2.05) is 12.3 Å². The van der Waals surface area contributed by atoms with Gasteiger partial charge < -0.3 is 15.8 Å². The third-order valence-electron chi connectivity index (χ3n) is 3.26. The van der Waals surface area contributed by atoms with Gasteiger partial charge in [0.2, 0.25) is 0 Å². The summed E-state index contributed by atoms with van der Waals surface area (Å²) in [6.45, 7) is 8.03. The molecule has 0 bridgehead atoms. The van der Waals surface area contributed by atoms with Gasteiger partial charge in [0.25, 0.3) is 0 Å². The Morgan fingerprint density at radius 1 is 1.43 bits per heavy atom. The number of anilines is 2. The van der Waals surface area contributed by atoms with Gasteiger partial charge in [0.1, 0.15) is 15.8 Å². The fourth-order valence-electron chi connectivity index (χ4n) is 1.88. The summed E-state index contributed by atoms with van der Waals surface area (Å²) in [7, 11) is 1.73. The zero-order valence-electron chi connectivity index (χ0n) is 12.9. The van der Waals surface area contributed by atoms with Gasteiger partial charge in [0, 0.05) is 31.3 Å². The fraction of sp³-hybridized carbons (Fsp3) is 0.571. The van der Waals surface area contributed by atoms with E-state index in [4.69, 9.17) is 10.5 Å². The van der Waals surface area contributed by atoms with Crippen molar-refractivity contribution in [3.05, 3.63) is 11.1 Å². The van der Waals surface area contributed by atoms with Crippen molar-refractivity contribution < 1.29 is 4.74 Å². The summed E-state index contributed by atoms with van der Waals surface area (Å²) < 4.78 is 9.43. The second-order valence-corrected chi connectivity index (χ2v) is 7.46. The van der Waals surface area contributed by atoms with Crippen molar-refractivity contribution in [1.82, 2.24) is 9.36 Å². The Hall–Kier alpha value is -1.18. The van der Waals surface area contributed by atoms with E-state index in [0.717, 1.165) is 40.8 Å². The van der Waals surface area contributed by atoms with Crippen molar-refractivity contribution in [2.75, 3.05) is 31.3 Å². The number of rotatable bonds is 7. The Labute approximate surface area is 133 Å². The zero-order chi connectivity index (χ0) is 15.5. The molecule has 7 heteroatoms. The molecule has 0 spiro atoms. The van der Waals surface area contributed by atoms with Crippen LogP contribution in [0.4, 0.5) is 10.8 Å². The van der Waals surface area contributed by atoms with Gasteiger partial charge in [0.05, 0.1) is 5.56 Å². The molecule has 0 fully saturated rings. The van der Waals surface area contributed by atoms with E-state index in [2.05, 4.69) is 28.5 Å². The van der Waals surface area contributed by atoms with Gasteiger partial charge in [-0.1, -0.05) is 13.8 Å². The highest BCUT2D eigenvalue weighted by atomic mass is 32.1. The van der Waals surface area contributed by atoms with Gasteiger partial charge in [-0.3, -0.25) is 0 Å². The Balaban J connectivity index is 2.11. The molecule has 2 heterocycles. The molecular formula is C14H22N4OS2. The van der Waals surface area contributed by atoms with Crippen molar-refractivity contribution in [1.29, 1.82) is 0 Å². The van der Waals surface area contributed by atoms with Crippen molar-refractivity contribution in [3.8, 4) is 10.6 Å². The number of methoxy groups -OCH3 is 1. The van der Waals surface area contributed by atoms with Gasteiger partial charge in [-0.25, -0.2) is 4.98 Å². The van der Waals surface area contributed by atoms with Crippen molar-refractivity contribution in [3.63, 3.8) is 0 Å². The van der Waals surface area contributed by atoms with E-state index in [0.29, 0.717) is 5.82 Å². The molecule has 0 unspecified atom stereocenters. The molecule has 0 aliphatic heterocycles. The van der Waals surface area contributed by atoms with Crippen LogP contribution < -0.4 is 11.1 Å². The van der Waals surface area contributed by atoms with Gasteiger partial charge in [-0.15, -0.1) is 11.3 Å². The molecule has 2 rings (SSSR count). The number of nitrogens with one attached hydrogen (secondary N) is 1. The van der Waals surface area contributed by atoms with Crippen LogP contribution in [0, 0.1) is 12.3 Å². The zero-order valence-corrected chi connectivity index (χ0v) is 14.5. The van der Waals surface area contributed by atoms with Crippen LogP contribution in [0.1, 0.15) is 26.0 Å². The lowest BCUT2D eigenvalue weighted by molar-refractivity contribution is 0.157. The van der Waals surface area contributed by atoms with Gasteiger partial charge in [-0.05, 0) is 30.3 Å². The Morgan fingerprint density at radius 3 is 2.81 bits per heavy atom. The number of hydrogen-bond acceptors (Lipinski definition) is 7. The molecule has 0 aromatic carbocycles. The van der Waals surface area contributed by atoms with E-state index >= 15 is 0 Å². The van der Waals surface area contributed by atoms with Gasteiger partial charge in [-0.2, -0.15) is 4.37 Å². The fourth-order valence-corrected chi connectivity index (χ4v) is 3.52. The maximum absolute atomic E-state index is 6.01. The highest BCUT2D eigenvalue weighted by molar-refractivity contribution is 7.15. The highest BCUT2D eigenvalue weighted by Gasteiger charge is 2.21. The van der Waals surface area contributed by atoms with Crippen LogP contribution in [0.5, 0.6) is 0 Å². The molecular weight excluding hydrogens is 304 g/mol. The van der Waals surface area contributed by atoms with E-state index < -0.39 is 0 Å². The third-order valence-corrected chi connectivity index (χ3v) is 5.06. The molecule has 0 aliphatic carbocycles. The molecule has 5 nitrogen and oxygen atoms in total. The quantitative estimate of drug-likeness (QED) is 0.813. The third kappa shape index (κ3) is 4.15. The second kappa shape index (κ2) is 6.72. The SMILES string of the molecule is COCCC(C)(C)CNc1snc(N)c1-c1nc(C)cs1. The largest absolute Gasteiger partial charge is 0.385 e. The number of ether oxygens (including phenoxy) is 1. The van der Waals surface area contributed by atoms with Gasteiger partial charge >= 0.3 is 0 Å². The normalized spacial score (nSPS) is 11.8. The first-order valence-corrected chi connectivity index (χ1v) is 8.49. The van der Waals surface area contributed by atoms with Crippen molar-refractivity contribution >= 4 is 33.7 Å². The predicted molar refractivity (Wildman–Crippen MR) is 91.1 cm³/mol. The highest BCUT2D eigenvalue weighted by Crippen LogP contribution is 2.38. The molecule has 3 N–H and O–H groups in total. The molecule has 0 radical (unpaired) electrons. The summed E-state index contributed by atoms with van der Waals surface area (Å²) in [5.74, 6) is 0.548. The molecule has 116 valence electrons. The standard InChI is InChI=1S/C14H22N4OS2/c1-9-7-20-13(17-9)10-11(15)18-21-12(10)16-8-14(2,3)5-6-19-4/h7,16H,5-6,8H2,1-4H3,(H2,15,18). The van der Waals surface area contributed by atoms with E-state index in [-0.39, 0.29) is 5.41 Å². The smallest absolute Gasteiger partial charge is 0.149 e. The summed E-state index contributed by atoms with van der Waals surface area (Å²) in [6, 6.07) is 0. The first-order chi connectivity index (χ1) is 9.93. The number of aromatic nitrogens is 2. The lowest BCUT2D eigenvalue weighted by atomic mass is 9.90. The van der Waals surface area contributed by atoms with E-state index in [1.54, 1.807) is 18.4 Å². The maximum atomic E-state index is 6.01. The topological polar surface area (TPSA) is 73.1 Å². The number of nitrogens with zero attached hydrogens (tertiary/aromatic N) is 2. The minimum atomic E-state index is 0.144. The van der Waals surface area contributed by atoms with Crippen LogP contribution in [-0.2, 0) is 4.74 Å². The van der Waals surface area contributed by atoms with Crippen LogP contribution in [-0.4, -0.2) is 29.6 Å². The molecule has 2 aromatic rings. The lowest BCUT2D eigenvalue weighted by Gasteiger charge is -2.24. The van der Waals surface area contributed by atoms with Crippen molar-refractivity contribution in [2.45, 2.75) is 27.2 Å². The molecule has 0 aliphatic rings. The predicted octanol–water partition coefficient (Wildman–Crippen LogP) is 3.63. The second-order valence-electron chi connectivity index (χ2n) is 5.83. The van der Waals surface area contributed by atoms with Gasteiger partial charge in [0.15, 0.2) is 0 Å². The summed E-state index contributed by atoms with van der Waals surface area (Å²) >= 11 is 2.99. The molecule has 2 aromatic heterocycles. The summed E-state index contributed by atoms with van der Waals surface area (Å²) in [4.78, 5) is 4.51. The minimum Gasteiger partial charge on any atom is -0.385 e. The van der Waals surface area contributed by atoms with Crippen LogP contribution >= 0.6 is 22.9 Å². The molecule has 21 heavy (non-hydrogen) atoms.